The smallest absolute Gasteiger partial charge is 0.406 e. The van der Waals surface area contributed by atoms with Gasteiger partial charge in [0.15, 0.2) is 0 Å². The van der Waals surface area contributed by atoms with E-state index in [0.29, 0.717) is 12.0 Å². The van der Waals surface area contributed by atoms with Gasteiger partial charge < -0.3 is 10.1 Å². The zero-order valence-corrected chi connectivity index (χ0v) is 12.1. The fourth-order valence-corrected chi connectivity index (χ4v) is 2.33. The molecule has 114 valence electrons. The first-order valence-corrected chi connectivity index (χ1v) is 6.87. The van der Waals surface area contributed by atoms with Crippen molar-refractivity contribution in [3.05, 3.63) is 29.8 Å². The predicted molar refractivity (Wildman–Crippen MR) is 73.7 cm³/mol. The molecule has 0 aromatic heterocycles. The summed E-state index contributed by atoms with van der Waals surface area (Å²) < 4.78 is 40.1. The standard InChI is InChI=1S/C15H22F3NO/c1-4-5-11(2)14(19-3)10-12-6-8-13(9-7-12)20-15(16,17)18/h6-9,11,14,19H,4-5,10H2,1-3H3. The Morgan fingerprint density at radius 3 is 2.25 bits per heavy atom. The van der Waals surface area contributed by atoms with Crippen molar-refractivity contribution in [1.29, 1.82) is 0 Å². The lowest BCUT2D eigenvalue weighted by molar-refractivity contribution is -0.274. The van der Waals surface area contributed by atoms with Crippen LogP contribution < -0.4 is 10.1 Å². The Bertz CT molecular complexity index is 389. The summed E-state index contributed by atoms with van der Waals surface area (Å²) in [7, 11) is 1.91. The first kappa shape index (κ1) is 16.8. The van der Waals surface area contributed by atoms with E-state index in [9.17, 15) is 13.2 Å². The van der Waals surface area contributed by atoms with E-state index in [1.165, 1.54) is 12.1 Å². The predicted octanol–water partition coefficient (Wildman–Crippen LogP) is 4.15. The Kier molecular flexibility index (Phi) is 6.33. The van der Waals surface area contributed by atoms with Crippen molar-refractivity contribution in [3.8, 4) is 5.75 Å². The molecule has 0 saturated heterocycles. The van der Waals surface area contributed by atoms with Crippen LogP contribution >= 0.6 is 0 Å². The van der Waals surface area contributed by atoms with Gasteiger partial charge >= 0.3 is 6.36 Å². The van der Waals surface area contributed by atoms with Crippen LogP contribution in [-0.2, 0) is 6.42 Å². The van der Waals surface area contributed by atoms with E-state index in [-0.39, 0.29) is 5.75 Å². The molecule has 0 saturated carbocycles. The minimum atomic E-state index is -4.63. The highest BCUT2D eigenvalue weighted by molar-refractivity contribution is 5.28. The van der Waals surface area contributed by atoms with Crippen LogP contribution in [0.4, 0.5) is 13.2 Å². The molecule has 0 aliphatic heterocycles. The molecule has 2 unspecified atom stereocenters. The molecule has 0 heterocycles. The van der Waals surface area contributed by atoms with Crippen molar-refractivity contribution in [1.82, 2.24) is 5.32 Å². The summed E-state index contributed by atoms with van der Waals surface area (Å²) in [6.07, 6.45) is -1.59. The summed E-state index contributed by atoms with van der Waals surface area (Å²) in [6, 6.07) is 6.41. The monoisotopic (exact) mass is 289 g/mol. The third kappa shape index (κ3) is 5.82. The minimum absolute atomic E-state index is 0.177. The highest BCUT2D eigenvalue weighted by atomic mass is 19.4. The van der Waals surface area contributed by atoms with E-state index in [4.69, 9.17) is 0 Å². The van der Waals surface area contributed by atoms with Gasteiger partial charge in [0.2, 0.25) is 0 Å². The van der Waals surface area contributed by atoms with Crippen molar-refractivity contribution in [3.63, 3.8) is 0 Å². The molecule has 0 spiro atoms. The molecule has 2 nitrogen and oxygen atoms in total. The molecular formula is C15H22F3NO. The third-order valence-electron chi connectivity index (χ3n) is 3.41. The number of nitrogens with one attached hydrogen (secondary N) is 1. The van der Waals surface area contributed by atoms with Crippen molar-refractivity contribution >= 4 is 0 Å². The van der Waals surface area contributed by atoms with Crippen LogP contribution in [-0.4, -0.2) is 19.5 Å². The summed E-state index contributed by atoms with van der Waals surface area (Å²) in [5.41, 5.74) is 1.00. The molecule has 2 atom stereocenters. The molecule has 1 aromatic rings. The molecule has 5 heteroatoms. The van der Waals surface area contributed by atoms with E-state index >= 15 is 0 Å². The minimum Gasteiger partial charge on any atom is -0.406 e. The average Bonchev–Trinajstić information content (AvgIpc) is 2.36. The summed E-state index contributed by atoms with van der Waals surface area (Å²) >= 11 is 0. The number of halogens is 3. The van der Waals surface area contributed by atoms with Crippen LogP contribution in [0.25, 0.3) is 0 Å². The van der Waals surface area contributed by atoms with Crippen LogP contribution in [0, 0.1) is 5.92 Å². The highest BCUT2D eigenvalue weighted by Crippen LogP contribution is 2.23. The fourth-order valence-electron chi connectivity index (χ4n) is 2.33. The summed E-state index contributed by atoms with van der Waals surface area (Å²) in [5.74, 6) is 0.347. The van der Waals surface area contributed by atoms with E-state index in [1.54, 1.807) is 12.1 Å². The molecule has 20 heavy (non-hydrogen) atoms. The molecule has 0 bridgehead atoms. The Labute approximate surface area is 118 Å². The number of rotatable bonds is 7. The molecule has 1 aromatic carbocycles. The average molecular weight is 289 g/mol. The molecule has 0 fully saturated rings. The maximum Gasteiger partial charge on any atom is 0.573 e. The summed E-state index contributed by atoms with van der Waals surface area (Å²) in [5, 5.41) is 3.28. The molecule has 0 aliphatic carbocycles. The Morgan fingerprint density at radius 2 is 1.80 bits per heavy atom. The van der Waals surface area contributed by atoms with Gasteiger partial charge in [-0.05, 0) is 43.5 Å². The number of ether oxygens (including phenoxy) is 1. The first-order chi connectivity index (χ1) is 9.35. The van der Waals surface area contributed by atoms with Gasteiger partial charge in [-0.1, -0.05) is 32.4 Å². The fraction of sp³-hybridized carbons (Fsp3) is 0.600. The van der Waals surface area contributed by atoms with Gasteiger partial charge in [0.1, 0.15) is 5.75 Å². The van der Waals surface area contributed by atoms with Gasteiger partial charge in [-0.15, -0.1) is 13.2 Å². The van der Waals surface area contributed by atoms with Gasteiger partial charge in [0.05, 0.1) is 0 Å². The second-order valence-electron chi connectivity index (χ2n) is 5.06. The van der Waals surface area contributed by atoms with Crippen LogP contribution in [0.2, 0.25) is 0 Å². The quantitative estimate of drug-likeness (QED) is 0.814. The second kappa shape index (κ2) is 7.53. The van der Waals surface area contributed by atoms with E-state index in [1.807, 2.05) is 7.05 Å². The molecule has 1 N–H and O–H groups in total. The zero-order valence-electron chi connectivity index (χ0n) is 12.1. The Morgan fingerprint density at radius 1 is 1.20 bits per heavy atom. The van der Waals surface area contributed by atoms with Gasteiger partial charge in [0.25, 0.3) is 0 Å². The molecule has 1 rings (SSSR count). The summed E-state index contributed by atoms with van der Waals surface area (Å²) in [6.45, 7) is 4.33. The van der Waals surface area contributed by atoms with Crippen molar-refractivity contribution in [2.45, 2.75) is 45.5 Å². The van der Waals surface area contributed by atoms with E-state index < -0.39 is 6.36 Å². The van der Waals surface area contributed by atoms with Gasteiger partial charge in [0, 0.05) is 6.04 Å². The van der Waals surface area contributed by atoms with Crippen molar-refractivity contribution < 1.29 is 17.9 Å². The van der Waals surface area contributed by atoms with E-state index in [2.05, 4.69) is 23.9 Å². The van der Waals surface area contributed by atoms with Crippen LogP contribution in [0.3, 0.4) is 0 Å². The Hall–Kier alpha value is -1.23. The van der Waals surface area contributed by atoms with Crippen molar-refractivity contribution in [2.75, 3.05) is 7.05 Å². The SMILES string of the molecule is CCCC(C)C(Cc1ccc(OC(F)(F)F)cc1)NC. The third-order valence-corrected chi connectivity index (χ3v) is 3.41. The van der Waals surface area contributed by atoms with Gasteiger partial charge in [-0.25, -0.2) is 0 Å². The normalized spacial score (nSPS) is 14.9. The summed E-state index contributed by atoms with van der Waals surface area (Å²) in [4.78, 5) is 0. The number of benzene rings is 1. The topological polar surface area (TPSA) is 21.3 Å². The molecule has 0 radical (unpaired) electrons. The highest BCUT2D eigenvalue weighted by Gasteiger charge is 2.31. The maximum absolute atomic E-state index is 12.1. The molecule has 0 amide bonds. The zero-order chi connectivity index (χ0) is 15.2. The number of hydrogen-bond acceptors (Lipinski definition) is 2. The van der Waals surface area contributed by atoms with Gasteiger partial charge in [-0.3, -0.25) is 0 Å². The molecule has 0 aliphatic rings. The van der Waals surface area contributed by atoms with Gasteiger partial charge in [-0.2, -0.15) is 0 Å². The lowest BCUT2D eigenvalue weighted by Gasteiger charge is -2.23. The number of likely N-dealkylation sites (N-methyl/N-ethyl adjacent to an activating group) is 1. The lowest BCUT2D eigenvalue weighted by Crippen LogP contribution is -2.34. The lowest BCUT2D eigenvalue weighted by atomic mass is 9.92. The largest absolute Gasteiger partial charge is 0.573 e. The number of hydrogen-bond donors (Lipinski definition) is 1. The Balaban J connectivity index is 2.64. The second-order valence-corrected chi connectivity index (χ2v) is 5.06. The number of alkyl halides is 3. The van der Waals surface area contributed by atoms with Crippen LogP contribution in [0.15, 0.2) is 24.3 Å². The first-order valence-electron chi connectivity index (χ1n) is 6.87. The molecular weight excluding hydrogens is 267 g/mol. The van der Waals surface area contributed by atoms with E-state index in [0.717, 1.165) is 24.8 Å². The van der Waals surface area contributed by atoms with Crippen LogP contribution in [0.5, 0.6) is 5.75 Å². The van der Waals surface area contributed by atoms with Crippen molar-refractivity contribution in [2.24, 2.45) is 5.92 Å². The maximum atomic E-state index is 12.1. The van der Waals surface area contributed by atoms with Crippen LogP contribution in [0.1, 0.15) is 32.3 Å².